The number of rotatable bonds is 5. The molecule has 1 saturated heterocycles. The maximum absolute atomic E-state index is 5.54. The monoisotopic (exact) mass is 205 g/mol. The molecule has 1 atom stereocenters. The summed E-state index contributed by atoms with van der Waals surface area (Å²) in [5, 5.41) is 3.45. The molecular formula is C13H19NO. The van der Waals surface area contributed by atoms with Crippen molar-refractivity contribution in [3.05, 3.63) is 35.9 Å². The smallest absolute Gasteiger partial charge is 0.0700 e. The van der Waals surface area contributed by atoms with Gasteiger partial charge in [0.2, 0.25) is 0 Å². The summed E-state index contributed by atoms with van der Waals surface area (Å²) < 4.78 is 5.54. The third kappa shape index (κ3) is 3.65. The summed E-state index contributed by atoms with van der Waals surface area (Å²) in [5.41, 5.74) is 1.40. The third-order valence-electron chi connectivity index (χ3n) is 2.83. The van der Waals surface area contributed by atoms with E-state index in [1.807, 2.05) is 0 Å². The van der Waals surface area contributed by atoms with Crippen molar-refractivity contribution in [3.63, 3.8) is 0 Å². The van der Waals surface area contributed by atoms with Gasteiger partial charge >= 0.3 is 0 Å². The molecule has 2 heteroatoms. The largest absolute Gasteiger partial charge is 0.377 e. The van der Waals surface area contributed by atoms with E-state index in [1.165, 1.54) is 18.4 Å². The molecule has 2 rings (SSSR count). The van der Waals surface area contributed by atoms with Gasteiger partial charge in [0.05, 0.1) is 6.10 Å². The van der Waals surface area contributed by atoms with Gasteiger partial charge in [0.1, 0.15) is 0 Å². The van der Waals surface area contributed by atoms with Gasteiger partial charge in [0.25, 0.3) is 0 Å². The second kappa shape index (κ2) is 5.89. The lowest BCUT2D eigenvalue weighted by Crippen LogP contribution is -2.27. The van der Waals surface area contributed by atoms with Crippen LogP contribution in [0.5, 0.6) is 0 Å². The summed E-state index contributed by atoms with van der Waals surface area (Å²) in [6.45, 7) is 3.00. The first-order valence-electron chi connectivity index (χ1n) is 5.81. The summed E-state index contributed by atoms with van der Waals surface area (Å²) in [6.07, 6.45) is 4.01. The molecule has 82 valence electrons. The first-order valence-corrected chi connectivity index (χ1v) is 5.81. The number of ether oxygens (including phenoxy) is 1. The summed E-state index contributed by atoms with van der Waals surface area (Å²) in [6, 6.07) is 10.6. The molecule has 1 fully saturated rings. The van der Waals surface area contributed by atoms with Crippen LogP contribution in [0.25, 0.3) is 0 Å². The Balaban J connectivity index is 1.59. The normalized spacial score (nSPS) is 20.7. The Hall–Kier alpha value is -0.860. The predicted molar refractivity (Wildman–Crippen MR) is 62.0 cm³/mol. The second-order valence-electron chi connectivity index (χ2n) is 4.07. The van der Waals surface area contributed by atoms with Crippen LogP contribution in [0.15, 0.2) is 30.3 Å². The Kier molecular flexibility index (Phi) is 4.18. The summed E-state index contributed by atoms with van der Waals surface area (Å²) in [7, 11) is 0. The van der Waals surface area contributed by atoms with E-state index < -0.39 is 0 Å². The summed E-state index contributed by atoms with van der Waals surface area (Å²) in [4.78, 5) is 0. The molecule has 1 aromatic rings. The van der Waals surface area contributed by atoms with Gasteiger partial charge in [-0.2, -0.15) is 0 Å². The van der Waals surface area contributed by atoms with E-state index in [-0.39, 0.29) is 0 Å². The molecule has 0 unspecified atom stereocenters. The molecule has 1 N–H and O–H groups in total. The van der Waals surface area contributed by atoms with Gasteiger partial charge in [-0.15, -0.1) is 0 Å². The highest BCUT2D eigenvalue weighted by Crippen LogP contribution is 2.10. The Labute approximate surface area is 91.6 Å². The number of hydrogen-bond acceptors (Lipinski definition) is 2. The van der Waals surface area contributed by atoms with Crippen LogP contribution in [0, 0.1) is 0 Å². The Morgan fingerprint density at radius 3 is 2.87 bits per heavy atom. The molecule has 2 nitrogen and oxygen atoms in total. The van der Waals surface area contributed by atoms with Crippen molar-refractivity contribution in [2.45, 2.75) is 25.4 Å². The first kappa shape index (κ1) is 10.7. The molecule has 0 saturated carbocycles. The average Bonchev–Trinajstić information content (AvgIpc) is 2.79. The van der Waals surface area contributed by atoms with Crippen LogP contribution >= 0.6 is 0 Å². The highest BCUT2D eigenvalue weighted by molar-refractivity contribution is 5.14. The van der Waals surface area contributed by atoms with Crippen molar-refractivity contribution in [1.82, 2.24) is 5.32 Å². The van der Waals surface area contributed by atoms with Crippen molar-refractivity contribution >= 4 is 0 Å². The number of benzene rings is 1. The maximum atomic E-state index is 5.54. The Bertz CT molecular complexity index is 267. The van der Waals surface area contributed by atoms with Gasteiger partial charge in [-0.1, -0.05) is 30.3 Å². The molecule has 15 heavy (non-hydrogen) atoms. The molecule has 0 aliphatic carbocycles. The predicted octanol–water partition coefficient (Wildman–Crippen LogP) is 2.00. The van der Waals surface area contributed by atoms with Crippen LogP contribution in [0.1, 0.15) is 18.4 Å². The van der Waals surface area contributed by atoms with E-state index in [0.717, 1.165) is 26.1 Å². The fourth-order valence-corrected chi connectivity index (χ4v) is 1.95. The molecule has 0 spiro atoms. The van der Waals surface area contributed by atoms with Crippen LogP contribution in [-0.4, -0.2) is 25.8 Å². The third-order valence-corrected chi connectivity index (χ3v) is 2.83. The van der Waals surface area contributed by atoms with Crippen LogP contribution in [0.4, 0.5) is 0 Å². The molecule has 1 aliphatic rings. The van der Waals surface area contributed by atoms with Crippen LogP contribution < -0.4 is 5.32 Å². The van der Waals surface area contributed by atoms with Crippen molar-refractivity contribution in [3.8, 4) is 0 Å². The SMILES string of the molecule is c1ccc(CCNC[C@@H]2CCCO2)cc1. The van der Waals surface area contributed by atoms with E-state index in [4.69, 9.17) is 4.74 Å². The van der Waals surface area contributed by atoms with Gasteiger partial charge in [-0.3, -0.25) is 0 Å². The molecule has 0 aromatic heterocycles. The van der Waals surface area contributed by atoms with Gasteiger partial charge in [-0.05, 0) is 31.4 Å². The van der Waals surface area contributed by atoms with Crippen molar-refractivity contribution in [2.75, 3.05) is 19.7 Å². The Morgan fingerprint density at radius 1 is 1.27 bits per heavy atom. The zero-order valence-corrected chi connectivity index (χ0v) is 9.11. The van der Waals surface area contributed by atoms with Crippen molar-refractivity contribution in [2.24, 2.45) is 0 Å². The second-order valence-corrected chi connectivity index (χ2v) is 4.07. The lowest BCUT2D eigenvalue weighted by Gasteiger charge is -2.10. The molecule has 1 aromatic carbocycles. The van der Waals surface area contributed by atoms with Gasteiger partial charge in [0.15, 0.2) is 0 Å². The van der Waals surface area contributed by atoms with Gasteiger partial charge in [0, 0.05) is 13.2 Å². The zero-order chi connectivity index (χ0) is 10.3. The Morgan fingerprint density at radius 2 is 2.13 bits per heavy atom. The van der Waals surface area contributed by atoms with Crippen LogP contribution in [0.2, 0.25) is 0 Å². The number of nitrogens with one attached hydrogen (secondary N) is 1. The van der Waals surface area contributed by atoms with E-state index >= 15 is 0 Å². The van der Waals surface area contributed by atoms with E-state index in [0.29, 0.717) is 6.10 Å². The highest BCUT2D eigenvalue weighted by atomic mass is 16.5. The minimum absolute atomic E-state index is 0.459. The molecule has 0 amide bonds. The highest BCUT2D eigenvalue weighted by Gasteiger charge is 2.13. The fraction of sp³-hybridized carbons (Fsp3) is 0.538. The molecule has 1 aliphatic heterocycles. The fourth-order valence-electron chi connectivity index (χ4n) is 1.95. The zero-order valence-electron chi connectivity index (χ0n) is 9.11. The standard InChI is InChI=1S/C13H19NO/c1-2-5-12(6-3-1)8-9-14-11-13-7-4-10-15-13/h1-3,5-6,13-14H,4,7-11H2/t13-/m0/s1. The van der Waals surface area contributed by atoms with Crippen LogP contribution in [0.3, 0.4) is 0 Å². The first-order chi connectivity index (χ1) is 7.45. The molecule has 1 heterocycles. The quantitative estimate of drug-likeness (QED) is 0.742. The average molecular weight is 205 g/mol. The summed E-state index contributed by atoms with van der Waals surface area (Å²) in [5.74, 6) is 0. The van der Waals surface area contributed by atoms with Crippen LogP contribution in [-0.2, 0) is 11.2 Å². The van der Waals surface area contributed by atoms with Crippen molar-refractivity contribution < 1.29 is 4.74 Å². The lowest BCUT2D eigenvalue weighted by atomic mass is 10.1. The minimum Gasteiger partial charge on any atom is -0.377 e. The maximum Gasteiger partial charge on any atom is 0.0700 e. The molecule has 0 bridgehead atoms. The van der Waals surface area contributed by atoms with E-state index in [9.17, 15) is 0 Å². The van der Waals surface area contributed by atoms with Gasteiger partial charge in [-0.25, -0.2) is 0 Å². The topological polar surface area (TPSA) is 21.3 Å². The van der Waals surface area contributed by atoms with E-state index in [2.05, 4.69) is 35.6 Å². The molecule has 0 radical (unpaired) electrons. The van der Waals surface area contributed by atoms with E-state index in [1.54, 1.807) is 0 Å². The van der Waals surface area contributed by atoms with Gasteiger partial charge < -0.3 is 10.1 Å². The molecular weight excluding hydrogens is 186 g/mol. The minimum atomic E-state index is 0.459. The number of hydrogen-bond donors (Lipinski definition) is 1. The van der Waals surface area contributed by atoms with Crippen molar-refractivity contribution in [1.29, 1.82) is 0 Å². The lowest BCUT2D eigenvalue weighted by molar-refractivity contribution is 0.110. The summed E-state index contributed by atoms with van der Waals surface area (Å²) >= 11 is 0.